The van der Waals surface area contributed by atoms with Crippen LogP contribution >= 0.6 is 0 Å². The summed E-state index contributed by atoms with van der Waals surface area (Å²) in [6, 6.07) is 5.82. The molecule has 5 rings (SSSR count). The van der Waals surface area contributed by atoms with Crippen molar-refractivity contribution in [3.05, 3.63) is 43.0 Å². The summed E-state index contributed by atoms with van der Waals surface area (Å²) >= 11 is 0. The Morgan fingerprint density at radius 3 is 2.80 bits per heavy atom. The van der Waals surface area contributed by atoms with Crippen LogP contribution in [0.4, 0.5) is 11.6 Å². The van der Waals surface area contributed by atoms with Crippen LogP contribution < -0.4 is 15.8 Å². The maximum atomic E-state index is 9.94. The van der Waals surface area contributed by atoms with Gasteiger partial charge in [-0.15, -0.1) is 0 Å². The molecule has 0 atom stereocenters. The van der Waals surface area contributed by atoms with Gasteiger partial charge in [0.2, 0.25) is 11.8 Å². The van der Waals surface area contributed by atoms with Gasteiger partial charge in [-0.3, -0.25) is 9.67 Å². The first kappa shape index (κ1) is 18.5. The Hall–Kier alpha value is -3.50. The Kier molecular flexibility index (Phi) is 4.57. The molecule has 154 valence electrons. The van der Waals surface area contributed by atoms with Crippen molar-refractivity contribution in [2.24, 2.45) is 12.8 Å². The molecule has 10 heteroatoms. The number of nitrogens with two attached hydrogens (primary N) is 1. The number of rotatable bonds is 6. The zero-order valence-electron chi connectivity index (χ0n) is 16.4. The van der Waals surface area contributed by atoms with E-state index in [0.29, 0.717) is 22.9 Å². The number of nitrogens with one attached hydrogen (secondary N) is 1. The molecule has 0 spiro atoms. The summed E-state index contributed by atoms with van der Waals surface area (Å²) < 4.78 is 9.55. The first-order valence-electron chi connectivity index (χ1n) is 9.71. The third-order valence-corrected chi connectivity index (χ3v) is 5.15. The fraction of sp³-hybridized carbons (Fsp3) is 0.300. The van der Waals surface area contributed by atoms with Gasteiger partial charge in [0.15, 0.2) is 5.65 Å². The maximum absolute atomic E-state index is 9.94. The monoisotopic (exact) mass is 406 g/mol. The number of hydrogen-bond acceptors (Lipinski definition) is 8. The lowest BCUT2D eigenvalue weighted by Gasteiger charge is -2.32. The van der Waals surface area contributed by atoms with E-state index in [1.807, 2.05) is 37.6 Å². The highest BCUT2D eigenvalue weighted by Gasteiger charge is 2.30. The van der Waals surface area contributed by atoms with Gasteiger partial charge in [-0.2, -0.15) is 15.1 Å². The molecule has 1 aliphatic carbocycles. The molecule has 0 amide bonds. The number of pyridine rings is 1. The molecule has 0 bridgehead atoms. The van der Waals surface area contributed by atoms with Gasteiger partial charge in [0.25, 0.3) is 0 Å². The zero-order chi connectivity index (χ0) is 20.7. The minimum atomic E-state index is -0.236. The number of fused-ring (bicyclic) bond motifs is 1. The largest absolute Gasteiger partial charge is 0.474 e. The minimum Gasteiger partial charge on any atom is -0.474 e. The quantitative estimate of drug-likeness (QED) is 0.442. The summed E-state index contributed by atoms with van der Waals surface area (Å²) in [5.74, 6) is 0.797. The number of aryl methyl sites for hydroxylation is 1. The summed E-state index contributed by atoms with van der Waals surface area (Å²) in [7, 11) is 1.83. The van der Waals surface area contributed by atoms with Gasteiger partial charge in [-0.25, -0.2) is 0 Å². The summed E-state index contributed by atoms with van der Waals surface area (Å²) in [5.41, 5.74) is 8.79. The van der Waals surface area contributed by atoms with E-state index >= 15 is 0 Å². The topological polar surface area (TPSA) is 129 Å². The highest BCUT2D eigenvalue weighted by Crippen LogP contribution is 2.37. The predicted molar refractivity (Wildman–Crippen MR) is 111 cm³/mol. The van der Waals surface area contributed by atoms with Crippen molar-refractivity contribution >= 4 is 22.7 Å². The van der Waals surface area contributed by atoms with E-state index < -0.39 is 0 Å². The van der Waals surface area contributed by atoms with E-state index in [2.05, 4.69) is 25.4 Å². The molecule has 0 aliphatic heterocycles. The van der Waals surface area contributed by atoms with Crippen LogP contribution in [-0.4, -0.2) is 46.6 Å². The van der Waals surface area contributed by atoms with E-state index in [4.69, 9.17) is 10.5 Å². The van der Waals surface area contributed by atoms with Crippen molar-refractivity contribution in [1.82, 2.24) is 29.3 Å². The molecule has 4 aromatic rings. The lowest BCUT2D eigenvalue weighted by atomic mass is 9.90. The number of anilines is 2. The number of aliphatic hydroxyl groups is 1. The zero-order valence-corrected chi connectivity index (χ0v) is 16.4. The second-order valence-corrected chi connectivity index (χ2v) is 7.42. The molecule has 0 unspecified atom stereocenters. The van der Waals surface area contributed by atoms with Gasteiger partial charge in [-0.1, -0.05) is 6.07 Å². The normalized spacial score (nSPS) is 18.4. The second-order valence-electron chi connectivity index (χ2n) is 7.42. The molecule has 10 nitrogen and oxygen atoms in total. The summed E-state index contributed by atoms with van der Waals surface area (Å²) in [5, 5.41) is 18.0. The van der Waals surface area contributed by atoms with E-state index in [1.165, 1.54) is 0 Å². The van der Waals surface area contributed by atoms with Crippen molar-refractivity contribution in [2.75, 3.05) is 5.32 Å². The smallest absolute Gasteiger partial charge is 0.232 e. The first-order chi connectivity index (χ1) is 14.6. The van der Waals surface area contributed by atoms with Crippen molar-refractivity contribution in [1.29, 1.82) is 0 Å². The fourth-order valence-electron chi connectivity index (χ4n) is 3.59. The number of aromatic nitrogens is 6. The third-order valence-electron chi connectivity index (χ3n) is 5.15. The number of ether oxygens (including phenoxy) is 1. The van der Waals surface area contributed by atoms with Crippen LogP contribution in [0.25, 0.3) is 22.3 Å². The molecule has 0 radical (unpaired) electrons. The molecule has 0 saturated heterocycles. The molecular formula is C20H22N8O2. The molecule has 1 fully saturated rings. The third kappa shape index (κ3) is 3.36. The van der Waals surface area contributed by atoms with Crippen molar-refractivity contribution < 1.29 is 9.84 Å². The van der Waals surface area contributed by atoms with Gasteiger partial charge in [0.05, 0.1) is 23.0 Å². The summed E-state index contributed by atoms with van der Waals surface area (Å²) in [4.78, 5) is 13.7. The molecule has 4 N–H and O–H groups in total. The van der Waals surface area contributed by atoms with Crippen LogP contribution in [0.15, 0.2) is 43.0 Å². The number of nitrogens with zero attached hydrogens (tertiary/aromatic N) is 6. The van der Waals surface area contributed by atoms with Gasteiger partial charge >= 0.3 is 0 Å². The Labute approximate surface area is 172 Å². The Morgan fingerprint density at radius 2 is 2.13 bits per heavy atom. The maximum Gasteiger partial charge on any atom is 0.232 e. The fourth-order valence-corrected chi connectivity index (χ4v) is 3.59. The number of aliphatic hydroxyl groups excluding tert-OH is 1. The lowest BCUT2D eigenvalue weighted by molar-refractivity contribution is 0.0977. The Morgan fingerprint density at radius 1 is 1.27 bits per heavy atom. The predicted octanol–water partition coefficient (Wildman–Crippen LogP) is 1.79. The van der Waals surface area contributed by atoms with Crippen LogP contribution in [0.3, 0.4) is 0 Å². The summed E-state index contributed by atoms with van der Waals surface area (Å²) in [6.07, 6.45) is 8.59. The van der Waals surface area contributed by atoms with E-state index in [1.54, 1.807) is 21.6 Å². The van der Waals surface area contributed by atoms with Crippen molar-refractivity contribution in [3.63, 3.8) is 0 Å². The molecule has 1 saturated carbocycles. The first-order valence-corrected chi connectivity index (χ1v) is 9.71. The van der Waals surface area contributed by atoms with Crippen molar-refractivity contribution in [2.45, 2.75) is 31.7 Å². The minimum absolute atomic E-state index is 0.00148. The van der Waals surface area contributed by atoms with E-state index in [-0.39, 0.29) is 18.9 Å². The van der Waals surface area contributed by atoms with Crippen LogP contribution in [-0.2, 0) is 13.8 Å². The molecular weight excluding hydrogens is 384 g/mol. The van der Waals surface area contributed by atoms with Crippen LogP contribution in [0.5, 0.6) is 5.88 Å². The summed E-state index contributed by atoms with van der Waals surface area (Å²) in [6.45, 7) is -0.236. The molecule has 4 aromatic heterocycles. The van der Waals surface area contributed by atoms with E-state index in [0.717, 1.165) is 29.8 Å². The standard InChI is InChI=1S/C20H22N8O2/c1-27-9-13(8-23-27)24-20-25-18-17(19(26-20)30-14-6-12(21)7-14)15(10-28(18)11-29)16-4-2-3-5-22-16/h2-5,8-10,12,14,29H,6-7,11,21H2,1H3,(H,24,25,26). The van der Waals surface area contributed by atoms with E-state index in [9.17, 15) is 5.11 Å². The van der Waals surface area contributed by atoms with Gasteiger partial charge in [0.1, 0.15) is 12.8 Å². The van der Waals surface area contributed by atoms with Crippen LogP contribution in [0.2, 0.25) is 0 Å². The highest BCUT2D eigenvalue weighted by molar-refractivity contribution is 5.97. The lowest BCUT2D eigenvalue weighted by Crippen LogP contribution is -2.43. The molecule has 0 aromatic carbocycles. The average Bonchev–Trinajstić information content (AvgIpc) is 3.30. The Balaban J connectivity index is 1.65. The Bertz CT molecular complexity index is 1180. The van der Waals surface area contributed by atoms with Gasteiger partial charge < -0.3 is 25.5 Å². The average molecular weight is 406 g/mol. The van der Waals surface area contributed by atoms with Gasteiger partial charge in [0, 0.05) is 37.2 Å². The van der Waals surface area contributed by atoms with Crippen LogP contribution in [0.1, 0.15) is 12.8 Å². The molecule has 4 heterocycles. The van der Waals surface area contributed by atoms with Crippen LogP contribution in [0, 0.1) is 0 Å². The highest BCUT2D eigenvalue weighted by atomic mass is 16.5. The molecule has 1 aliphatic rings. The van der Waals surface area contributed by atoms with Gasteiger partial charge in [-0.05, 0) is 25.0 Å². The molecule has 30 heavy (non-hydrogen) atoms. The number of hydrogen-bond donors (Lipinski definition) is 3. The second kappa shape index (κ2) is 7.39. The van der Waals surface area contributed by atoms with Crippen molar-refractivity contribution in [3.8, 4) is 17.1 Å². The SMILES string of the molecule is Cn1cc(Nc2nc(OC3CC(N)C3)c3c(-c4ccccn4)cn(CO)c3n2)cn1.